The molecule has 1 amide bonds. The van der Waals surface area contributed by atoms with E-state index in [1.807, 2.05) is 0 Å². The van der Waals surface area contributed by atoms with E-state index in [1.165, 1.54) is 38.5 Å². The number of carbonyl (C=O) groups is 1. The molecule has 1 aliphatic rings. The van der Waals surface area contributed by atoms with Crippen LogP contribution in [0.5, 0.6) is 0 Å². The van der Waals surface area contributed by atoms with Gasteiger partial charge in [-0.3, -0.25) is 4.79 Å². The van der Waals surface area contributed by atoms with E-state index < -0.39 is 0 Å². The zero-order valence-electron chi connectivity index (χ0n) is 13.5. The standard InChI is InChI=1S/C16H32N2O.ClH/c1-16(2,3)11-10-15(19)18-13-12-17-14-8-6-4-5-7-9-14;/h14,17H,4-13H2,1-3H3,(H,18,19);1H. The second-order valence-corrected chi connectivity index (χ2v) is 7.05. The predicted octanol–water partition coefficient (Wildman–Crippen LogP) is 3.66. The second-order valence-electron chi connectivity index (χ2n) is 7.05. The fraction of sp³-hybridized carbons (Fsp3) is 0.938. The molecule has 1 fully saturated rings. The normalized spacial score (nSPS) is 17.1. The van der Waals surface area contributed by atoms with Crippen LogP contribution in [0.15, 0.2) is 0 Å². The molecule has 4 heteroatoms. The SMILES string of the molecule is CC(C)(C)CCC(=O)NCCNC1CCCCCC1.Cl. The summed E-state index contributed by atoms with van der Waals surface area (Å²) in [6, 6.07) is 0.675. The van der Waals surface area contributed by atoms with Gasteiger partial charge in [0.2, 0.25) is 5.91 Å². The lowest BCUT2D eigenvalue weighted by atomic mass is 9.90. The molecule has 0 atom stereocenters. The minimum Gasteiger partial charge on any atom is -0.355 e. The van der Waals surface area contributed by atoms with Gasteiger partial charge in [0, 0.05) is 25.6 Å². The summed E-state index contributed by atoms with van der Waals surface area (Å²) in [4.78, 5) is 11.7. The smallest absolute Gasteiger partial charge is 0.220 e. The number of carbonyl (C=O) groups excluding carboxylic acids is 1. The first-order chi connectivity index (χ1) is 8.97. The predicted molar refractivity (Wildman–Crippen MR) is 88.4 cm³/mol. The molecule has 3 nitrogen and oxygen atoms in total. The largest absolute Gasteiger partial charge is 0.355 e. The van der Waals surface area contributed by atoms with Crippen molar-refractivity contribution in [3.8, 4) is 0 Å². The Bertz CT molecular complexity index is 256. The van der Waals surface area contributed by atoms with E-state index in [2.05, 4.69) is 31.4 Å². The van der Waals surface area contributed by atoms with Crippen molar-refractivity contribution in [1.29, 1.82) is 0 Å². The van der Waals surface area contributed by atoms with Crippen LogP contribution < -0.4 is 10.6 Å². The van der Waals surface area contributed by atoms with Gasteiger partial charge in [-0.05, 0) is 24.7 Å². The third kappa shape index (κ3) is 10.5. The van der Waals surface area contributed by atoms with E-state index in [4.69, 9.17) is 0 Å². The van der Waals surface area contributed by atoms with E-state index in [0.717, 1.165) is 19.5 Å². The second kappa shape index (κ2) is 10.4. The average molecular weight is 305 g/mol. The highest BCUT2D eigenvalue weighted by Gasteiger charge is 2.13. The molecule has 0 spiro atoms. The maximum atomic E-state index is 11.7. The molecule has 2 N–H and O–H groups in total. The highest BCUT2D eigenvalue weighted by molar-refractivity contribution is 5.85. The van der Waals surface area contributed by atoms with E-state index >= 15 is 0 Å². The highest BCUT2D eigenvalue weighted by Crippen LogP contribution is 2.20. The molecule has 0 aromatic heterocycles. The lowest BCUT2D eigenvalue weighted by Crippen LogP contribution is -2.37. The van der Waals surface area contributed by atoms with Crippen molar-refractivity contribution in [3.05, 3.63) is 0 Å². The van der Waals surface area contributed by atoms with Crippen LogP contribution in [0, 0.1) is 5.41 Å². The molecule has 0 aromatic carbocycles. The molecule has 0 bridgehead atoms. The molecule has 1 saturated carbocycles. The third-order valence-electron chi connectivity index (χ3n) is 3.84. The molecule has 20 heavy (non-hydrogen) atoms. The monoisotopic (exact) mass is 304 g/mol. The Morgan fingerprint density at radius 2 is 1.65 bits per heavy atom. The van der Waals surface area contributed by atoms with Crippen molar-refractivity contribution in [3.63, 3.8) is 0 Å². The number of nitrogens with one attached hydrogen (secondary N) is 2. The summed E-state index contributed by atoms with van der Waals surface area (Å²) in [6.07, 6.45) is 9.70. The van der Waals surface area contributed by atoms with Crippen LogP contribution in [0.3, 0.4) is 0 Å². The summed E-state index contributed by atoms with van der Waals surface area (Å²) < 4.78 is 0. The van der Waals surface area contributed by atoms with Crippen LogP contribution in [-0.2, 0) is 4.79 Å². The van der Waals surface area contributed by atoms with E-state index in [0.29, 0.717) is 12.5 Å². The van der Waals surface area contributed by atoms with Crippen molar-refractivity contribution in [1.82, 2.24) is 10.6 Å². The Labute approximate surface area is 131 Å². The molecular weight excluding hydrogens is 272 g/mol. The van der Waals surface area contributed by atoms with Gasteiger partial charge in [-0.2, -0.15) is 0 Å². The van der Waals surface area contributed by atoms with E-state index in [1.54, 1.807) is 0 Å². The summed E-state index contributed by atoms with van der Waals surface area (Å²) in [5.41, 5.74) is 0.246. The van der Waals surface area contributed by atoms with Crippen LogP contribution in [0.25, 0.3) is 0 Å². The molecule has 0 aliphatic heterocycles. The molecule has 0 heterocycles. The molecular formula is C16H33ClN2O. The highest BCUT2D eigenvalue weighted by atomic mass is 35.5. The minimum absolute atomic E-state index is 0. The van der Waals surface area contributed by atoms with Gasteiger partial charge in [-0.15, -0.1) is 12.4 Å². The first-order valence-corrected chi connectivity index (χ1v) is 7.97. The summed E-state index contributed by atoms with van der Waals surface area (Å²) in [5.74, 6) is 0.192. The Hall–Kier alpha value is -0.280. The Morgan fingerprint density at radius 3 is 2.20 bits per heavy atom. The fourth-order valence-electron chi connectivity index (χ4n) is 2.54. The van der Waals surface area contributed by atoms with Crippen LogP contribution >= 0.6 is 12.4 Å². The number of halogens is 1. The molecule has 0 saturated heterocycles. The molecule has 0 radical (unpaired) electrons. The number of hydrogen-bond donors (Lipinski definition) is 2. The summed E-state index contributed by atoms with van der Waals surface area (Å²) in [7, 11) is 0. The van der Waals surface area contributed by atoms with Crippen molar-refractivity contribution in [2.45, 2.75) is 78.2 Å². The van der Waals surface area contributed by atoms with Crippen molar-refractivity contribution < 1.29 is 4.79 Å². The molecule has 1 aliphatic carbocycles. The number of rotatable bonds is 6. The van der Waals surface area contributed by atoms with Gasteiger partial charge in [0.1, 0.15) is 0 Å². The first-order valence-electron chi connectivity index (χ1n) is 7.97. The van der Waals surface area contributed by atoms with Crippen molar-refractivity contribution in [2.75, 3.05) is 13.1 Å². The van der Waals surface area contributed by atoms with E-state index in [-0.39, 0.29) is 23.7 Å². The molecule has 0 aromatic rings. The Morgan fingerprint density at radius 1 is 1.05 bits per heavy atom. The quantitative estimate of drug-likeness (QED) is 0.581. The van der Waals surface area contributed by atoms with Crippen LogP contribution in [0.2, 0.25) is 0 Å². The van der Waals surface area contributed by atoms with Gasteiger partial charge in [0.15, 0.2) is 0 Å². The maximum absolute atomic E-state index is 11.7. The van der Waals surface area contributed by atoms with Gasteiger partial charge >= 0.3 is 0 Å². The van der Waals surface area contributed by atoms with Crippen molar-refractivity contribution >= 4 is 18.3 Å². The Kier molecular flexibility index (Phi) is 10.3. The summed E-state index contributed by atoms with van der Waals surface area (Å²) in [5, 5.41) is 6.58. The molecule has 1 rings (SSSR count). The Balaban J connectivity index is 0.00000361. The molecule has 0 unspecified atom stereocenters. The zero-order chi connectivity index (χ0) is 14.1. The number of amides is 1. The summed E-state index contributed by atoms with van der Waals surface area (Å²) >= 11 is 0. The average Bonchev–Trinajstić information content (AvgIpc) is 2.60. The lowest BCUT2D eigenvalue weighted by molar-refractivity contribution is -0.121. The topological polar surface area (TPSA) is 41.1 Å². The number of hydrogen-bond acceptors (Lipinski definition) is 2. The lowest BCUT2D eigenvalue weighted by Gasteiger charge is -2.18. The van der Waals surface area contributed by atoms with Crippen LogP contribution in [-0.4, -0.2) is 25.0 Å². The van der Waals surface area contributed by atoms with E-state index in [9.17, 15) is 4.79 Å². The van der Waals surface area contributed by atoms with Crippen LogP contribution in [0.1, 0.15) is 72.1 Å². The third-order valence-corrected chi connectivity index (χ3v) is 3.84. The van der Waals surface area contributed by atoms with Gasteiger partial charge in [-0.25, -0.2) is 0 Å². The van der Waals surface area contributed by atoms with Crippen LogP contribution in [0.4, 0.5) is 0 Å². The fourth-order valence-corrected chi connectivity index (χ4v) is 2.54. The van der Waals surface area contributed by atoms with Gasteiger partial charge in [0.25, 0.3) is 0 Å². The first kappa shape index (κ1) is 19.7. The maximum Gasteiger partial charge on any atom is 0.220 e. The van der Waals surface area contributed by atoms with Gasteiger partial charge in [-0.1, -0.05) is 46.5 Å². The van der Waals surface area contributed by atoms with Gasteiger partial charge in [0.05, 0.1) is 0 Å². The summed E-state index contributed by atoms with van der Waals surface area (Å²) in [6.45, 7) is 8.20. The molecule has 120 valence electrons. The zero-order valence-corrected chi connectivity index (χ0v) is 14.3. The minimum atomic E-state index is 0. The van der Waals surface area contributed by atoms with Crippen molar-refractivity contribution in [2.24, 2.45) is 5.41 Å². The van der Waals surface area contributed by atoms with Gasteiger partial charge < -0.3 is 10.6 Å².